The van der Waals surface area contributed by atoms with Crippen molar-refractivity contribution >= 4 is 0 Å². The number of piperazine rings is 1. The Balaban J connectivity index is 2.10. The van der Waals surface area contributed by atoms with Crippen molar-refractivity contribution in [3.8, 4) is 0 Å². The minimum Gasteiger partial charge on any atom is -0.311 e. The molecule has 0 spiro atoms. The van der Waals surface area contributed by atoms with Crippen LogP contribution in [0.15, 0.2) is 30.3 Å². The van der Waals surface area contributed by atoms with Gasteiger partial charge in [0.2, 0.25) is 0 Å². The van der Waals surface area contributed by atoms with Crippen LogP contribution in [-0.2, 0) is 5.92 Å². The van der Waals surface area contributed by atoms with Crippen LogP contribution in [0.4, 0.5) is 8.78 Å². The van der Waals surface area contributed by atoms with Gasteiger partial charge in [0.15, 0.2) is 0 Å². The number of nitrogens with zero attached hydrogens (tertiary/aromatic N) is 1. The summed E-state index contributed by atoms with van der Waals surface area (Å²) in [5, 5.41) is 3.49. The summed E-state index contributed by atoms with van der Waals surface area (Å²) in [6.45, 7) is 7.63. The molecule has 2 unspecified atom stereocenters. The third kappa shape index (κ3) is 4.01. The molecule has 1 aromatic rings. The fourth-order valence-electron chi connectivity index (χ4n) is 2.95. The Morgan fingerprint density at radius 2 is 1.95 bits per heavy atom. The molecule has 2 atom stereocenters. The van der Waals surface area contributed by atoms with E-state index in [1.807, 2.05) is 4.90 Å². The summed E-state index contributed by atoms with van der Waals surface area (Å²) in [6.07, 6.45) is 0.892. The Hall–Kier alpha value is -1.00. The zero-order valence-electron chi connectivity index (χ0n) is 13.2. The van der Waals surface area contributed by atoms with Crippen molar-refractivity contribution in [1.82, 2.24) is 10.2 Å². The lowest BCUT2D eigenvalue weighted by molar-refractivity contribution is -0.0585. The van der Waals surface area contributed by atoms with E-state index < -0.39 is 5.92 Å². The maximum Gasteiger partial charge on any atom is 0.285 e. The Bertz CT molecular complexity index is 434. The summed E-state index contributed by atoms with van der Waals surface area (Å²) in [6, 6.07) is 8.64. The minimum absolute atomic E-state index is 0.111. The molecule has 0 radical (unpaired) electrons. The second kappa shape index (κ2) is 6.84. The number of rotatable bonds is 5. The molecule has 0 aliphatic carbocycles. The molecule has 2 rings (SSSR count). The highest BCUT2D eigenvalue weighted by atomic mass is 19.3. The van der Waals surface area contributed by atoms with Gasteiger partial charge in [0.05, 0.1) is 6.54 Å². The van der Waals surface area contributed by atoms with E-state index in [1.165, 1.54) is 12.1 Å². The molecular formula is C17H26F2N2. The first-order chi connectivity index (χ1) is 9.94. The zero-order chi connectivity index (χ0) is 15.5. The highest BCUT2D eigenvalue weighted by molar-refractivity contribution is 5.20. The van der Waals surface area contributed by atoms with Crippen LogP contribution in [0.5, 0.6) is 0 Å². The molecule has 0 bridgehead atoms. The van der Waals surface area contributed by atoms with E-state index in [-0.39, 0.29) is 18.2 Å². The van der Waals surface area contributed by atoms with E-state index in [1.54, 1.807) is 18.2 Å². The Labute approximate surface area is 126 Å². The topological polar surface area (TPSA) is 15.3 Å². The third-order valence-electron chi connectivity index (χ3n) is 4.44. The molecule has 1 fully saturated rings. The number of alkyl halides is 2. The van der Waals surface area contributed by atoms with Crippen molar-refractivity contribution in [1.29, 1.82) is 0 Å². The first-order valence-electron chi connectivity index (χ1n) is 7.84. The van der Waals surface area contributed by atoms with E-state index in [0.29, 0.717) is 18.5 Å². The van der Waals surface area contributed by atoms with Crippen LogP contribution in [0, 0.1) is 5.92 Å². The standard InChI is InChI=1S/C17H26F2N2/c1-4-15-10-20-16(13(2)3)11-21(15)12-17(18,19)14-8-6-5-7-9-14/h5-9,13,15-16,20H,4,10-12H2,1-3H3. The Kier molecular flexibility index (Phi) is 5.33. The molecular weight excluding hydrogens is 270 g/mol. The van der Waals surface area contributed by atoms with Gasteiger partial charge in [0.1, 0.15) is 0 Å². The molecule has 2 nitrogen and oxygen atoms in total. The summed E-state index contributed by atoms with van der Waals surface area (Å²) in [5.41, 5.74) is 0.111. The summed E-state index contributed by atoms with van der Waals surface area (Å²) in [4.78, 5) is 1.97. The maximum absolute atomic E-state index is 14.5. The van der Waals surface area contributed by atoms with Crippen molar-refractivity contribution < 1.29 is 8.78 Å². The number of hydrogen-bond acceptors (Lipinski definition) is 2. The first kappa shape index (κ1) is 16.4. The Morgan fingerprint density at radius 1 is 1.29 bits per heavy atom. The quantitative estimate of drug-likeness (QED) is 0.895. The van der Waals surface area contributed by atoms with Crippen LogP contribution in [0.3, 0.4) is 0 Å². The van der Waals surface area contributed by atoms with E-state index in [9.17, 15) is 8.78 Å². The van der Waals surface area contributed by atoms with Gasteiger partial charge >= 0.3 is 0 Å². The molecule has 4 heteroatoms. The van der Waals surface area contributed by atoms with Crippen LogP contribution < -0.4 is 5.32 Å². The molecule has 118 valence electrons. The number of benzene rings is 1. The van der Waals surface area contributed by atoms with Crippen LogP contribution in [0.1, 0.15) is 32.8 Å². The summed E-state index contributed by atoms with van der Waals surface area (Å²) in [5.74, 6) is -2.34. The number of nitrogens with one attached hydrogen (secondary N) is 1. The van der Waals surface area contributed by atoms with Gasteiger partial charge in [0, 0.05) is 30.7 Å². The lowest BCUT2D eigenvalue weighted by Crippen LogP contribution is -2.59. The molecule has 0 amide bonds. The highest BCUT2D eigenvalue weighted by Gasteiger charge is 2.38. The second-order valence-corrected chi connectivity index (χ2v) is 6.32. The Morgan fingerprint density at radius 3 is 2.52 bits per heavy atom. The largest absolute Gasteiger partial charge is 0.311 e. The third-order valence-corrected chi connectivity index (χ3v) is 4.44. The maximum atomic E-state index is 14.5. The lowest BCUT2D eigenvalue weighted by Gasteiger charge is -2.42. The van der Waals surface area contributed by atoms with Gasteiger partial charge in [0.25, 0.3) is 5.92 Å². The molecule has 1 aliphatic heterocycles. The van der Waals surface area contributed by atoms with Crippen molar-refractivity contribution in [2.24, 2.45) is 5.92 Å². The fraction of sp³-hybridized carbons (Fsp3) is 0.647. The highest BCUT2D eigenvalue weighted by Crippen LogP contribution is 2.30. The van der Waals surface area contributed by atoms with Crippen molar-refractivity contribution in [2.45, 2.75) is 45.2 Å². The average molecular weight is 296 g/mol. The normalized spacial score (nSPS) is 24.5. The van der Waals surface area contributed by atoms with Crippen molar-refractivity contribution in [2.75, 3.05) is 19.6 Å². The molecule has 1 heterocycles. The van der Waals surface area contributed by atoms with Gasteiger partial charge in [-0.05, 0) is 12.3 Å². The molecule has 0 saturated carbocycles. The van der Waals surface area contributed by atoms with Gasteiger partial charge in [-0.3, -0.25) is 4.90 Å². The molecule has 1 aliphatic rings. The SMILES string of the molecule is CCC1CNC(C(C)C)CN1CC(F)(F)c1ccccc1. The van der Waals surface area contributed by atoms with Gasteiger partial charge in [-0.2, -0.15) is 8.78 Å². The summed E-state index contributed by atoms with van der Waals surface area (Å²) < 4.78 is 29.0. The van der Waals surface area contributed by atoms with Crippen molar-refractivity contribution in [3.05, 3.63) is 35.9 Å². The van der Waals surface area contributed by atoms with Gasteiger partial charge in [-0.1, -0.05) is 51.1 Å². The molecule has 1 aromatic carbocycles. The number of halogens is 2. The smallest absolute Gasteiger partial charge is 0.285 e. The fourth-order valence-corrected chi connectivity index (χ4v) is 2.95. The number of hydrogen-bond donors (Lipinski definition) is 1. The van der Waals surface area contributed by atoms with Gasteiger partial charge < -0.3 is 5.32 Å². The summed E-state index contributed by atoms with van der Waals surface area (Å²) >= 11 is 0. The molecule has 0 aromatic heterocycles. The second-order valence-electron chi connectivity index (χ2n) is 6.32. The van der Waals surface area contributed by atoms with E-state index >= 15 is 0 Å². The molecule has 1 N–H and O–H groups in total. The lowest BCUT2D eigenvalue weighted by atomic mass is 9.97. The zero-order valence-corrected chi connectivity index (χ0v) is 13.2. The first-order valence-corrected chi connectivity index (χ1v) is 7.84. The van der Waals surface area contributed by atoms with E-state index in [2.05, 4.69) is 26.1 Å². The van der Waals surface area contributed by atoms with Gasteiger partial charge in [-0.15, -0.1) is 0 Å². The predicted octanol–water partition coefficient (Wildman–Crippen LogP) is 3.49. The average Bonchev–Trinajstić information content (AvgIpc) is 2.47. The van der Waals surface area contributed by atoms with Crippen molar-refractivity contribution in [3.63, 3.8) is 0 Å². The van der Waals surface area contributed by atoms with Crippen LogP contribution in [0.25, 0.3) is 0 Å². The minimum atomic E-state index is -2.80. The molecule has 21 heavy (non-hydrogen) atoms. The van der Waals surface area contributed by atoms with Crippen LogP contribution >= 0.6 is 0 Å². The van der Waals surface area contributed by atoms with E-state index in [0.717, 1.165) is 13.0 Å². The summed E-state index contributed by atoms with van der Waals surface area (Å²) in [7, 11) is 0. The van der Waals surface area contributed by atoms with Crippen LogP contribution in [0.2, 0.25) is 0 Å². The monoisotopic (exact) mass is 296 g/mol. The van der Waals surface area contributed by atoms with Crippen LogP contribution in [-0.4, -0.2) is 36.6 Å². The predicted molar refractivity (Wildman–Crippen MR) is 82.6 cm³/mol. The molecule has 1 saturated heterocycles. The van der Waals surface area contributed by atoms with E-state index in [4.69, 9.17) is 0 Å². The van der Waals surface area contributed by atoms with Gasteiger partial charge in [-0.25, -0.2) is 0 Å².